The number of ether oxygens (including phenoxy) is 1. The number of thiophene rings is 1. The molecule has 0 aliphatic rings. The molecule has 2 nitrogen and oxygen atoms in total. The molecule has 0 amide bonds. The van der Waals surface area contributed by atoms with Gasteiger partial charge in [0, 0.05) is 14.9 Å². The molecule has 5 heteroatoms. The quantitative estimate of drug-likeness (QED) is 0.735. The normalized spacial score (nSPS) is 12.5. The van der Waals surface area contributed by atoms with Crippen LogP contribution in [0, 0.1) is 13.8 Å². The minimum atomic E-state index is 0.123. The summed E-state index contributed by atoms with van der Waals surface area (Å²) < 4.78 is 7.78. The van der Waals surface area contributed by atoms with E-state index >= 15 is 0 Å². The second kappa shape index (κ2) is 6.60. The van der Waals surface area contributed by atoms with Crippen molar-refractivity contribution in [2.45, 2.75) is 19.9 Å². The first-order valence-electron chi connectivity index (χ1n) is 6.25. The molecule has 0 saturated heterocycles. The van der Waals surface area contributed by atoms with Crippen LogP contribution >= 0.6 is 43.2 Å². The van der Waals surface area contributed by atoms with Gasteiger partial charge in [0.1, 0.15) is 5.75 Å². The highest BCUT2D eigenvalue weighted by Crippen LogP contribution is 2.40. The van der Waals surface area contributed by atoms with Gasteiger partial charge in [0.2, 0.25) is 0 Å². The minimum absolute atomic E-state index is 0.123. The predicted molar refractivity (Wildman–Crippen MR) is 93.1 cm³/mol. The van der Waals surface area contributed by atoms with Crippen molar-refractivity contribution in [1.82, 2.24) is 5.32 Å². The fourth-order valence-corrected chi connectivity index (χ4v) is 4.62. The number of nitrogens with one attached hydrogen (secondary N) is 1. The Bertz CT molecular complexity index is 605. The van der Waals surface area contributed by atoms with Crippen molar-refractivity contribution in [3.63, 3.8) is 0 Å². The monoisotopic (exact) mass is 417 g/mol. The molecular weight excluding hydrogens is 402 g/mol. The molecule has 0 aliphatic carbocycles. The molecule has 0 fully saturated rings. The van der Waals surface area contributed by atoms with Crippen molar-refractivity contribution in [2.75, 3.05) is 14.2 Å². The summed E-state index contributed by atoms with van der Waals surface area (Å²) in [7, 11) is 3.70. The highest BCUT2D eigenvalue weighted by Gasteiger charge is 2.22. The number of halogens is 2. The fourth-order valence-electron chi connectivity index (χ4n) is 2.41. The Balaban J connectivity index is 2.57. The van der Waals surface area contributed by atoms with Crippen molar-refractivity contribution in [3.8, 4) is 5.75 Å². The molecule has 0 spiro atoms. The summed E-state index contributed by atoms with van der Waals surface area (Å²) in [5.74, 6) is 0.933. The molecule has 1 heterocycles. The molecule has 108 valence electrons. The summed E-state index contributed by atoms with van der Waals surface area (Å²) in [6.45, 7) is 4.22. The molecule has 0 bridgehead atoms. The van der Waals surface area contributed by atoms with Gasteiger partial charge in [-0.15, -0.1) is 11.3 Å². The Morgan fingerprint density at radius 2 is 1.90 bits per heavy atom. The van der Waals surface area contributed by atoms with Crippen molar-refractivity contribution in [2.24, 2.45) is 0 Å². The molecule has 1 aromatic carbocycles. The topological polar surface area (TPSA) is 21.3 Å². The van der Waals surface area contributed by atoms with Gasteiger partial charge >= 0.3 is 0 Å². The molecule has 2 aromatic rings. The lowest BCUT2D eigenvalue weighted by Crippen LogP contribution is -2.18. The number of hydrogen-bond donors (Lipinski definition) is 1. The highest BCUT2D eigenvalue weighted by atomic mass is 79.9. The van der Waals surface area contributed by atoms with E-state index in [4.69, 9.17) is 4.74 Å². The van der Waals surface area contributed by atoms with Crippen LogP contribution in [-0.2, 0) is 0 Å². The zero-order valence-corrected chi connectivity index (χ0v) is 15.9. The number of benzene rings is 1. The molecule has 1 atom stereocenters. The van der Waals surface area contributed by atoms with Gasteiger partial charge in [-0.05, 0) is 76.0 Å². The second-order valence-electron chi connectivity index (χ2n) is 4.69. The zero-order chi connectivity index (χ0) is 14.9. The van der Waals surface area contributed by atoms with Gasteiger partial charge in [-0.1, -0.05) is 6.07 Å². The molecule has 20 heavy (non-hydrogen) atoms. The average molecular weight is 419 g/mol. The highest BCUT2D eigenvalue weighted by molar-refractivity contribution is 9.13. The smallest absolute Gasteiger partial charge is 0.124 e. The second-order valence-corrected chi connectivity index (χ2v) is 7.95. The Morgan fingerprint density at radius 3 is 2.40 bits per heavy atom. The van der Waals surface area contributed by atoms with Crippen LogP contribution in [-0.4, -0.2) is 14.2 Å². The van der Waals surface area contributed by atoms with Gasteiger partial charge in [0.15, 0.2) is 0 Å². The van der Waals surface area contributed by atoms with Gasteiger partial charge in [0.25, 0.3) is 0 Å². The summed E-state index contributed by atoms with van der Waals surface area (Å²) in [6.07, 6.45) is 0. The predicted octanol–water partition coefficient (Wildman–Crippen LogP) is 5.21. The van der Waals surface area contributed by atoms with Crippen molar-refractivity contribution < 1.29 is 4.74 Å². The van der Waals surface area contributed by atoms with Crippen molar-refractivity contribution in [1.29, 1.82) is 0 Å². The van der Waals surface area contributed by atoms with Crippen LogP contribution in [0.2, 0.25) is 0 Å². The maximum Gasteiger partial charge on any atom is 0.124 e. The number of methoxy groups -OCH3 is 1. The van der Waals surface area contributed by atoms with E-state index in [1.165, 1.54) is 21.6 Å². The third-order valence-corrected chi connectivity index (χ3v) is 6.56. The van der Waals surface area contributed by atoms with E-state index in [1.54, 1.807) is 18.4 Å². The molecule has 1 N–H and O–H groups in total. The zero-order valence-electron chi connectivity index (χ0n) is 11.9. The third-order valence-electron chi connectivity index (χ3n) is 3.24. The fraction of sp³-hybridized carbons (Fsp3) is 0.333. The number of hydrogen-bond acceptors (Lipinski definition) is 3. The molecule has 0 radical (unpaired) electrons. The Labute approximate surface area is 140 Å². The molecule has 1 unspecified atom stereocenters. The van der Waals surface area contributed by atoms with Crippen LogP contribution in [0.3, 0.4) is 0 Å². The molecule has 2 rings (SSSR count). The van der Waals surface area contributed by atoms with E-state index in [0.717, 1.165) is 14.0 Å². The first kappa shape index (κ1) is 16.0. The number of rotatable bonds is 4. The Kier molecular flexibility index (Phi) is 5.29. The van der Waals surface area contributed by atoms with Crippen molar-refractivity contribution in [3.05, 3.63) is 48.0 Å². The van der Waals surface area contributed by atoms with Crippen molar-refractivity contribution >= 4 is 43.2 Å². The summed E-state index contributed by atoms with van der Waals surface area (Å²) in [5, 5.41) is 3.40. The van der Waals surface area contributed by atoms with Crippen LogP contribution in [0.1, 0.15) is 27.6 Å². The molecule has 1 aromatic heterocycles. The van der Waals surface area contributed by atoms with E-state index in [9.17, 15) is 0 Å². The van der Waals surface area contributed by atoms with Crippen LogP contribution < -0.4 is 10.1 Å². The van der Waals surface area contributed by atoms with Gasteiger partial charge in [-0.2, -0.15) is 0 Å². The maximum absolute atomic E-state index is 5.59. The molecule has 0 saturated carbocycles. The molecular formula is C15H17Br2NOS. The van der Waals surface area contributed by atoms with Crippen LogP contribution in [0.15, 0.2) is 26.5 Å². The van der Waals surface area contributed by atoms with Gasteiger partial charge in [-0.3, -0.25) is 0 Å². The van der Waals surface area contributed by atoms with Crippen LogP contribution in [0.4, 0.5) is 0 Å². The number of aryl methyl sites for hydroxylation is 2. The Morgan fingerprint density at radius 1 is 1.20 bits per heavy atom. The van der Waals surface area contributed by atoms with Crippen LogP contribution in [0.5, 0.6) is 5.75 Å². The van der Waals surface area contributed by atoms with E-state index in [-0.39, 0.29) is 6.04 Å². The average Bonchev–Trinajstić information content (AvgIpc) is 2.72. The lowest BCUT2D eigenvalue weighted by Gasteiger charge is -2.21. The SMILES string of the molecule is CNC(c1cc(Br)c(Br)s1)c1c(C)cc(C)cc1OC. The van der Waals surface area contributed by atoms with Gasteiger partial charge in [0.05, 0.1) is 16.9 Å². The standard InChI is InChI=1S/C15H17Br2NOS/c1-8-5-9(2)13(11(6-8)19-4)14(18-3)12-7-10(16)15(17)20-12/h5-7,14,18H,1-4H3. The summed E-state index contributed by atoms with van der Waals surface area (Å²) in [6, 6.07) is 6.55. The summed E-state index contributed by atoms with van der Waals surface area (Å²) in [5.41, 5.74) is 3.65. The van der Waals surface area contributed by atoms with E-state index < -0.39 is 0 Å². The van der Waals surface area contributed by atoms with Gasteiger partial charge < -0.3 is 10.1 Å². The Hall–Kier alpha value is -0.360. The third kappa shape index (κ3) is 3.11. The van der Waals surface area contributed by atoms with E-state index in [2.05, 4.69) is 69.2 Å². The maximum atomic E-state index is 5.59. The van der Waals surface area contributed by atoms with E-state index in [0.29, 0.717) is 0 Å². The largest absolute Gasteiger partial charge is 0.496 e. The first-order valence-corrected chi connectivity index (χ1v) is 8.65. The minimum Gasteiger partial charge on any atom is -0.496 e. The summed E-state index contributed by atoms with van der Waals surface area (Å²) in [4.78, 5) is 1.25. The van der Waals surface area contributed by atoms with E-state index in [1.807, 2.05) is 7.05 Å². The van der Waals surface area contributed by atoms with Gasteiger partial charge in [-0.25, -0.2) is 0 Å². The summed E-state index contributed by atoms with van der Waals surface area (Å²) >= 11 is 8.85. The molecule has 0 aliphatic heterocycles. The van der Waals surface area contributed by atoms with Crippen LogP contribution in [0.25, 0.3) is 0 Å². The lowest BCUT2D eigenvalue weighted by atomic mass is 9.97. The lowest BCUT2D eigenvalue weighted by molar-refractivity contribution is 0.405. The first-order chi connectivity index (χ1) is 9.47.